The molecular weight excluding hydrogens is 228 g/mol. The Hall–Kier alpha value is -1.69. The molecule has 0 amide bonds. The Labute approximate surface area is 96.9 Å². The minimum absolute atomic E-state index is 0.129. The molecule has 2 N–H and O–H groups in total. The lowest BCUT2D eigenvalue weighted by Crippen LogP contribution is -2.32. The minimum Gasteiger partial charge on any atom is -0.395 e. The number of hydrogen-bond acceptors (Lipinski definition) is 3. The van der Waals surface area contributed by atoms with Gasteiger partial charge in [-0.15, -0.1) is 0 Å². The second kappa shape index (κ2) is 5.09. The van der Waals surface area contributed by atoms with Crippen molar-refractivity contribution in [3.63, 3.8) is 0 Å². The van der Waals surface area contributed by atoms with Crippen molar-refractivity contribution in [3.8, 4) is 0 Å². The average molecular weight is 241 g/mol. The highest BCUT2D eigenvalue weighted by atomic mass is 19.3. The number of fused-ring (bicyclic) bond motifs is 1. The molecule has 6 heteroatoms. The molecule has 2 aromatic rings. The smallest absolute Gasteiger partial charge is 0.255 e. The number of aromatic amines is 1. The van der Waals surface area contributed by atoms with E-state index in [0.29, 0.717) is 5.95 Å². The molecular formula is C11H13F2N3O. The normalized spacial score (nSPS) is 11.3. The molecule has 0 fully saturated rings. The quantitative estimate of drug-likeness (QED) is 0.836. The highest BCUT2D eigenvalue weighted by Gasteiger charge is 2.15. The summed E-state index contributed by atoms with van der Waals surface area (Å²) in [5, 5.41) is 8.86. The van der Waals surface area contributed by atoms with Gasteiger partial charge in [0.05, 0.1) is 24.2 Å². The van der Waals surface area contributed by atoms with Gasteiger partial charge in [-0.05, 0) is 12.1 Å². The van der Waals surface area contributed by atoms with Gasteiger partial charge in [0.25, 0.3) is 6.43 Å². The Bertz CT molecular complexity index is 453. The molecule has 1 heterocycles. The maximum Gasteiger partial charge on any atom is 0.255 e. The van der Waals surface area contributed by atoms with Gasteiger partial charge in [0.2, 0.25) is 5.95 Å². The largest absolute Gasteiger partial charge is 0.395 e. The SMILES string of the molecule is OCCN(CC(F)F)c1nc2ccccc2[nH]1. The third-order valence-electron chi connectivity index (χ3n) is 2.40. The predicted octanol–water partition coefficient (Wildman–Crippen LogP) is 1.63. The van der Waals surface area contributed by atoms with Crippen LogP contribution >= 0.6 is 0 Å². The van der Waals surface area contributed by atoms with Gasteiger partial charge in [0, 0.05) is 6.54 Å². The van der Waals surface area contributed by atoms with Gasteiger partial charge in [0.1, 0.15) is 0 Å². The van der Waals surface area contributed by atoms with Gasteiger partial charge in [-0.25, -0.2) is 13.8 Å². The van der Waals surface area contributed by atoms with E-state index in [9.17, 15) is 8.78 Å². The number of hydrogen-bond donors (Lipinski definition) is 2. The Balaban J connectivity index is 2.27. The third kappa shape index (κ3) is 2.71. The van der Waals surface area contributed by atoms with E-state index in [1.807, 2.05) is 18.2 Å². The van der Waals surface area contributed by atoms with Crippen molar-refractivity contribution in [2.75, 3.05) is 24.6 Å². The maximum atomic E-state index is 12.4. The topological polar surface area (TPSA) is 52.1 Å². The van der Waals surface area contributed by atoms with Crippen molar-refractivity contribution in [1.29, 1.82) is 0 Å². The average Bonchev–Trinajstić information content (AvgIpc) is 2.71. The van der Waals surface area contributed by atoms with Crippen LogP contribution in [-0.4, -0.2) is 41.2 Å². The number of alkyl halides is 2. The number of nitrogens with zero attached hydrogens (tertiary/aromatic N) is 2. The highest BCUT2D eigenvalue weighted by molar-refractivity contribution is 5.77. The number of imidazole rings is 1. The predicted molar refractivity (Wildman–Crippen MR) is 61.4 cm³/mol. The first-order valence-electron chi connectivity index (χ1n) is 5.29. The van der Waals surface area contributed by atoms with Crippen LogP contribution in [0.4, 0.5) is 14.7 Å². The van der Waals surface area contributed by atoms with E-state index in [0.717, 1.165) is 11.0 Å². The van der Waals surface area contributed by atoms with E-state index in [1.54, 1.807) is 6.07 Å². The molecule has 0 aliphatic carbocycles. The summed E-state index contributed by atoms with van der Waals surface area (Å²) >= 11 is 0. The lowest BCUT2D eigenvalue weighted by atomic mass is 10.3. The Morgan fingerprint density at radius 3 is 2.76 bits per heavy atom. The van der Waals surface area contributed by atoms with Crippen molar-refractivity contribution in [2.45, 2.75) is 6.43 Å². The van der Waals surface area contributed by atoms with Gasteiger partial charge in [-0.1, -0.05) is 12.1 Å². The summed E-state index contributed by atoms with van der Waals surface area (Å²) in [6, 6.07) is 7.30. The fraction of sp³-hybridized carbons (Fsp3) is 0.364. The molecule has 0 atom stereocenters. The number of H-pyrrole nitrogens is 1. The number of halogens is 2. The van der Waals surface area contributed by atoms with E-state index in [-0.39, 0.29) is 13.2 Å². The number of aliphatic hydroxyl groups is 1. The number of nitrogens with one attached hydrogen (secondary N) is 1. The highest BCUT2D eigenvalue weighted by Crippen LogP contribution is 2.17. The summed E-state index contributed by atoms with van der Waals surface area (Å²) in [6.45, 7) is -0.506. The summed E-state index contributed by atoms with van der Waals surface area (Å²) in [7, 11) is 0. The summed E-state index contributed by atoms with van der Waals surface area (Å²) in [6.07, 6.45) is -2.46. The zero-order valence-corrected chi connectivity index (χ0v) is 9.11. The number of rotatable bonds is 5. The van der Waals surface area contributed by atoms with E-state index in [2.05, 4.69) is 9.97 Å². The Kier molecular flexibility index (Phi) is 3.53. The summed E-state index contributed by atoms with van der Waals surface area (Å²) in [5.74, 6) is 0.362. The number of para-hydroxylation sites is 2. The van der Waals surface area contributed by atoms with E-state index < -0.39 is 13.0 Å². The Morgan fingerprint density at radius 1 is 1.35 bits per heavy atom. The van der Waals surface area contributed by atoms with Crippen molar-refractivity contribution >= 4 is 17.0 Å². The summed E-state index contributed by atoms with van der Waals surface area (Å²) < 4.78 is 24.8. The van der Waals surface area contributed by atoms with Crippen molar-refractivity contribution < 1.29 is 13.9 Å². The van der Waals surface area contributed by atoms with Crippen molar-refractivity contribution in [1.82, 2.24) is 9.97 Å². The van der Waals surface area contributed by atoms with Crippen molar-refractivity contribution in [3.05, 3.63) is 24.3 Å². The van der Waals surface area contributed by atoms with Crippen LogP contribution in [0, 0.1) is 0 Å². The van der Waals surface area contributed by atoms with Crippen molar-refractivity contribution in [2.24, 2.45) is 0 Å². The van der Waals surface area contributed by atoms with Crippen LogP contribution in [0.3, 0.4) is 0 Å². The summed E-state index contributed by atoms with van der Waals surface area (Å²) in [4.78, 5) is 8.50. The molecule has 0 spiro atoms. The first-order valence-corrected chi connectivity index (χ1v) is 5.29. The molecule has 1 aromatic carbocycles. The van der Waals surface area contributed by atoms with Gasteiger partial charge < -0.3 is 15.0 Å². The fourth-order valence-electron chi connectivity index (χ4n) is 1.66. The first-order chi connectivity index (χ1) is 8.20. The number of benzene rings is 1. The number of anilines is 1. The molecule has 2 rings (SSSR count). The number of aromatic nitrogens is 2. The van der Waals surface area contributed by atoms with Gasteiger partial charge in [0.15, 0.2) is 0 Å². The lowest BCUT2D eigenvalue weighted by molar-refractivity contribution is 0.152. The number of aliphatic hydroxyl groups excluding tert-OH is 1. The van der Waals surface area contributed by atoms with Crippen LogP contribution in [0.25, 0.3) is 11.0 Å². The van der Waals surface area contributed by atoms with Gasteiger partial charge in [-0.3, -0.25) is 0 Å². The van der Waals surface area contributed by atoms with Gasteiger partial charge in [-0.2, -0.15) is 0 Å². The summed E-state index contributed by atoms with van der Waals surface area (Å²) in [5.41, 5.74) is 1.51. The second-order valence-electron chi connectivity index (χ2n) is 3.64. The molecule has 17 heavy (non-hydrogen) atoms. The molecule has 0 aliphatic rings. The molecule has 0 saturated heterocycles. The molecule has 0 aliphatic heterocycles. The molecule has 0 unspecified atom stereocenters. The zero-order chi connectivity index (χ0) is 12.3. The van der Waals surface area contributed by atoms with Crippen LogP contribution in [0.5, 0.6) is 0 Å². The third-order valence-corrected chi connectivity index (χ3v) is 2.40. The molecule has 0 saturated carbocycles. The van der Waals surface area contributed by atoms with Gasteiger partial charge >= 0.3 is 0 Å². The molecule has 1 aromatic heterocycles. The van der Waals surface area contributed by atoms with E-state index >= 15 is 0 Å². The van der Waals surface area contributed by atoms with Crippen LogP contribution in [0.1, 0.15) is 0 Å². The fourth-order valence-corrected chi connectivity index (χ4v) is 1.66. The Morgan fingerprint density at radius 2 is 2.12 bits per heavy atom. The molecule has 0 radical (unpaired) electrons. The molecule has 0 bridgehead atoms. The van der Waals surface area contributed by atoms with E-state index in [1.165, 1.54) is 4.90 Å². The molecule has 4 nitrogen and oxygen atoms in total. The first kappa shape index (κ1) is 11.8. The second-order valence-corrected chi connectivity index (χ2v) is 3.64. The van der Waals surface area contributed by atoms with Crippen LogP contribution < -0.4 is 4.90 Å². The van der Waals surface area contributed by atoms with Crippen LogP contribution in [0.2, 0.25) is 0 Å². The lowest BCUT2D eigenvalue weighted by Gasteiger charge is -2.19. The van der Waals surface area contributed by atoms with E-state index in [4.69, 9.17) is 5.11 Å². The standard InChI is InChI=1S/C11H13F2N3O/c12-10(13)7-16(5-6-17)11-14-8-3-1-2-4-9(8)15-11/h1-4,10,17H,5-7H2,(H,14,15). The monoisotopic (exact) mass is 241 g/mol. The molecule has 92 valence electrons. The zero-order valence-electron chi connectivity index (χ0n) is 9.11. The minimum atomic E-state index is -2.46. The van der Waals surface area contributed by atoms with Crippen LogP contribution in [-0.2, 0) is 0 Å². The van der Waals surface area contributed by atoms with Crippen LogP contribution in [0.15, 0.2) is 24.3 Å². The maximum absolute atomic E-state index is 12.4.